The molecule has 20 heavy (non-hydrogen) atoms. The fourth-order valence-electron chi connectivity index (χ4n) is 2.44. The van der Waals surface area contributed by atoms with Crippen LogP contribution in [0.1, 0.15) is 29.3 Å². The lowest BCUT2D eigenvalue weighted by molar-refractivity contribution is -0.147. The van der Waals surface area contributed by atoms with Crippen molar-refractivity contribution in [1.82, 2.24) is 4.90 Å². The Hall–Kier alpha value is -2.04. The molecule has 0 aromatic heterocycles. The van der Waals surface area contributed by atoms with Crippen molar-refractivity contribution in [2.24, 2.45) is 5.41 Å². The molecule has 108 valence electrons. The van der Waals surface area contributed by atoms with Gasteiger partial charge in [0, 0.05) is 18.7 Å². The smallest absolute Gasteiger partial charge is 0.311 e. The summed E-state index contributed by atoms with van der Waals surface area (Å²) in [4.78, 5) is 25.2. The standard InChI is InChI=1S/C15H19NO4/c1-10-4-5-11(8-12(10)20-3)13(17)16-7-6-15(2,9-16)14(18)19/h4-5,8H,6-7,9H2,1-3H3,(H,18,19)/t15-/m0/s1. The van der Waals surface area contributed by atoms with Gasteiger partial charge in [0.05, 0.1) is 12.5 Å². The van der Waals surface area contributed by atoms with Crippen LogP contribution >= 0.6 is 0 Å². The van der Waals surface area contributed by atoms with E-state index < -0.39 is 11.4 Å². The summed E-state index contributed by atoms with van der Waals surface area (Å²) < 4.78 is 5.21. The average molecular weight is 277 g/mol. The van der Waals surface area contributed by atoms with E-state index in [1.165, 1.54) is 0 Å². The number of carbonyl (C=O) groups excluding carboxylic acids is 1. The molecule has 1 aromatic rings. The molecule has 0 bridgehead atoms. The van der Waals surface area contributed by atoms with Crippen molar-refractivity contribution in [2.75, 3.05) is 20.2 Å². The van der Waals surface area contributed by atoms with Gasteiger partial charge in [0.15, 0.2) is 0 Å². The number of aliphatic carboxylic acids is 1. The maximum absolute atomic E-state index is 12.4. The second-order valence-corrected chi connectivity index (χ2v) is 5.53. The maximum atomic E-state index is 12.4. The van der Waals surface area contributed by atoms with Gasteiger partial charge in [0.25, 0.3) is 5.91 Å². The maximum Gasteiger partial charge on any atom is 0.311 e. The monoisotopic (exact) mass is 277 g/mol. The minimum absolute atomic E-state index is 0.145. The highest BCUT2D eigenvalue weighted by molar-refractivity contribution is 5.95. The number of carbonyl (C=O) groups is 2. The fourth-order valence-corrected chi connectivity index (χ4v) is 2.44. The van der Waals surface area contributed by atoms with Gasteiger partial charge >= 0.3 is 5.97 Å². The van der Waals surface area contributed by atoms with E-state index in [1.54, 1.807) is 31.1 Å². The van der Waals surface area contributed by atoms with E-state index >= 15 is 0 Å². The minimum Gasteiger partial charge on any atom is -0.496 e. The van der Waals surface area contributed by atoms with E-state index in [4.69, 9.17) is 4.74 Å². The first kappa shape index (κ1) is 14.4. The second-order valence-electron chi connectivity index (χ2n) is 5.53. The zero-order valence-corrected chi connectivity index (χ0v) is 12.0. The second kappa shape index (κ2) is 5.15. The number of rotatable bonds is 3. The van der Waals surface area contributed by atoms with Crippen molar-refractivity contribution >= 4 is 11.9 Å². The molecule has 5 heteroatoms. The van der Waals surface area contributed by atoms with Crippen LogP contribution in [-0.4, -0.2) is 42.1 Å². The van der Waals surface area contributed by atoms with E-state index in [9.17, 15) is 14.7 Å². The Morgan fingerprint density at radius 3 is 2.65 bits per heavy atom. The molecule has 5 nitrogen and oxygen atoms in total. The molecule has 1 saturated heterocycles. The van der Waals surface area contributed by atoms with Crippen LogP contribution in [0.15, 0.2) is 18.2 Å². The molecular weight excluding hydrogens is 258 g/mol. The molecule has 0 radical (unpaired) electrons. The summed E-state index contributed by atoms with van der Waals surface area (Å²) in [5, 5.41) is 9.20. The lowest BCUT2D eigenvalue weighted by atomic mass is 9.90. The molecule has 0 unspecified atom stereocenters. The number of amides is 1. The third-order valence-electron chi connectivity index (χ3n) is 3.93. The Kier molecular flexibility index (Phi) is 3.70. The first-order valence-electron chi connectivity index (χ1n) is 6.55. The molecular formula is C15H19NO4. The Morgan fingerprint density at radius 2 is 2.10 bits per heavy atom. The predicted octanol–water partition coefficient (Wildman–Crippen LogP) is 1.94. The summed E-state index contributed by atoms with van der Waals surface area (Å²) in [6.45, 7) is 4.30. The summed E-state index contributed by atoms with van der Waals surface area (Å²) in [5.41, 5.74) is 0.646. The molecule has 1 heterocycles. The summed E-state index contributed by atoms with van der Waals surface area (Å²) in [6, 6.07) is 5.28. The number of carboxylic acids is 1. The van der Waals surface area contributed by atoms with Crippen LogP contribution in [0.5, 0.6) is 5.75 Å². The van der Waals surface area contributed by atoms with Crippen molar-refractivity contribution in [3.63, 3.8) is 0 Å². The van der Waals surface area contributed by atoms with Crippen LogP contribution in [0.3, 0.4) is 0 Å². The van der Waals surface area contributed by atoms with Crippen molar-refractivity contribution in [2.45, 2.75) is 20.3 Å². The highest BCUT2D eigenvalue weighted by Gasteiger charge is 2.42. The number of hydrogen-bond donors (Lipinski definition) is 1. The Labute approximate surface area is 118 Å². The molecule has 1 atom stereocenters. The Balaban J connectivity index is 2.19. The number of aryl methyl sites for hydroxylation is 1. The third-order valence-corrected chi connectivity index (χ3v) is 3.93. The number of hydrogen-bond acceptors (Lipinski definition) is 3. The summed E-state index contributed by atoms with van der Waals surface area (Å²) in [6.07, 6.45) is 0.483. The van der Waals surface area contributed by atoms with Crippen LogP contribution in [0, 0.1) is 12.3 Å². The minimum atomic E-state index is -0.853. The van der Waals surface area contributed by atoms with Crippen LogP contribution in [0.25, 0.3) is 0 Å². The largest absolute Gasteiger partial charge is 0.496 e. The van der Waals surface area contributed by atoms with Crippen molar-refractivity contribution in [1.29, 1.82) is 0 Å². The van der Waals surface area contributed by atoms with Gasteiger partial charge in [-0.25, -0.2) is 0 Å². The first-order chi connectivity index (χ1) is 9.37. The van der Waals surface area contributed by atoms with Gasteiger partial charge in [-0.3, -0.25) is 9.59 Å². The van der Waals surface area contributed by atoms with Crippen LogP contribution in [0.2, 0.25) is 0 Å². The Bertz CT molecular complexity index is 555. The first-order valence-corrected chi connectivity index (χ1v) is 6.55. The number of benzene rings is 1. The van der Waals surface area contributed by atoms with E-state index in [2.05, 4.69) is 0 Å². The zero-order valence-electron chi connectivity index (χ0n) is 12.0. The van der Waals surface area contributed by atoms with Gasteiger partial charge in [-0.1, -0.05) is 6.07 Å². The van der Waals surface area contributed by atoms with Gasteiger partial charge in [-0.15, -0.1) is 0 Å². The van der Waals surface area contributed by atoms with Crippen molar-refractivity contribution < 1.29 is 19.4 Å². The molecule has 1 aliphatic rings. The van der Waals surface area contributed by atoms with Gasteiger partial charge in [0.2, 0.25) is 0 Å². The normalized spacial score (nSPS) is 21.9. The molecule has 1 aromatic carbocycles. The summed E-state index contributed by atoms with van der Waals surface area (Å²) >= 11 is 0. The zero-order chi connectivity index (χ0) is 14.9. The number of methoxy groups -OCH3 is 1. The van der Waals surface area contributed by atoms with Gasteiger partial charge in [-0.05, 0) is 38.0 Å². The molecule has 1 aliphatic heterocycles. The molecule has 0 spiro atoms. The predicted molar refractivity (Wildman–Crippen MR) is 74.0 cm³/mol. The lowest BCUT2D eigenvalue weighted by Crippen LogP contribution is -2.34. The quantitative estimate of drug-likeness (QED) is 0.917. The Morgan fingerprint density at radius 1 is 1.40 bits per heavy atom. The summed E-state index contributed by atoms with van der Waals surface area (Å²) in [7, 11) is 1.56. The van der Waals surface area contributed by atoms with Crippen LogP contribution in [0.4, 0.5) is 0 Å². The van der Waals surface area contributed by atoms with E-state index in [0.29, 0.717) is 24.3 Å². The molecule has 0 aliphatic carbocycles. The van der Waals surface area contributed by atoms with E-state index in [-0.39, 0.29) is 12.5 Å². The number of carboxylic acid groups (broad SMARTS) is 1. The topological polar surface area (TPSA) is 66.8 Å². The summed E-state index contributed by atoms with van der Waals surface area (Å²) in [5.74, 6) is -0.335. The fraction of sp³-hybridized carbons (Fsp3) is 0.467. The number of nitrogens with zero attached hydrogens (tertiary/aromatic N) is 1. The van der Waals surface area contributed by atoms with Gasteiger partial charge in [0.1, 0.15) is 5.75 Å². The molecule has 1 N–H and O–H groups in total. The molecule has 0 saturated carbocycles. The number of ether oxygens (including phenoxy) is 1. The molecule has 2 rings (SSSR count). The highest BCUT2D eigenvalue weighted by atomic mass is 16.5. The molecule has 1 fully saturated rings. The van der Waals surface area contributed by atoms with Crippen LogP contribution < -0.4 is 4.74 Å². The van der Waals surface area contributed by atoms with Gasteiger partial charge in [-0.2, -0.15) is 0 Å². The molecule has 1 amide bonds. The SMILES string of the molecule is COc1cc(C(=O)N2CC[C@](C)(C(=O)O)C2)ccc1C. The number of likely N-dealkylation sites (tertiary alicyclic amines) is 1. The van der Waals surface area contributed by atoms with Gasteiger partial charge < -0.3 is 14.7 Å². The third kappa shape index (κ3) is 2.48. The van der Waals surface area contributed by atoms with Crippen molar-refractivity contribution in [3.8, 4) is 5.75 Å². The lowest BCUT2D eigenvalue weighted by Gasteiger charge is -2.20. The van der Waals surface area contributed by atoms with E-state index in [0.717, 1.165) is 5.56 Å². The average Bonchev–Trinajstić information content (AvgIpc) is 2.82. The van der Waals surface area contributed by atoms with E-state index in [1.807, 2.05) is 13.0 Å². The highest BCUT2D eigenvalue weighted by Crippen LogP contribution is 2.31. The van der Waals surface area contributed by atoms with Crippen LogP contribution in [-0.2, 0) is 4.79 Å². The van der Waals surface area contributed by atoms with Crippen molar-refractivity contribution in [3.05, 3.63) is 29.3 Å².